The lowest BCUT2D eigenvalue weighted by atomic mass is 9.91. The highest BCUT2D eigenvalue weighted by Gasteiger charge is 2.42. The lowest BCUT2D eigenvalue weighted by Crippen LogP contribution is -2.40. The zero-order valence-corrected chi connectivity index (χ0v) is 10.7. The molecule has 0 radical (unpaired) electrons. The number of carbonyl (C=O) groups is 1. The van der Waals surface area contributed by atoms with Gasteiger partial charge < -0.3 is 9.84 Å². The van der Waals surface area contributed by atoms with Crippen LogP contribution < -0.4 is 0 Å². The Morgan fingerprint density at radius 3 is 2.67 bits per heavy atom. The number of ether oxygens (including phenoxy) is 1. The first kappa shape index (κ1) is 12.7. The predicted molar refractivity (Wildman–Crippen MR) is 68.6 cm³/mol. The Kier molecular flexibility index (Phi) is 3.74. The molecule has 94 valence electrons. The number of thiazole rings is 1. The molecule has 1 aromatic heterocycles. The van der Waals surface area contributed by atoms with Gasteiger partial charge in [-0.2, -0.15) is 0 Å². The lowest BCUT2D eigenvalue weighted by molar-refractivity contribution is -0.164. The number of rotatable bonds is 5. The van der Waals surface area contributed by atoms with E-state index in [1.165, 1.54) is 18.4 Å². The summed E-state index contributed by atoms with van der Waals surface area (Å²) in [7, 11) is 1.40. The van der Waals surface area contributed by atoms with Crippen molar-refractivity contribution in [1.82, 2.24) is 4.98 Å². The average molecular weight is 263 g/mol. The lowest BCUT2D eigenvalue weighted by Gasteiger charge is -2.26. The van der Waals surface area contributed by atoms with Gasteiger partial charge in [-0.1, -0.05) is 30.3 Å². The van der Waals surface area contributed by atoms with Crippen LogP contribution in [0.3, 0.4) is 0 Å². The van der Waals surface area contributed by atoms with Crippen LogP contribution in [0.1, 0.15) is 11.3 Å². The molecule has 1 unspecified atom stereocenters. The van der Waals surface area contributed by atoms with Crippen molar-refractivity contribution < 1.29 is 14.6 Å². The molecule has 1 atom stereocenters. The summed E-state index contributed by atoms with van der Waals surface area (Å²) < 4.78 is 5.29. The molecule has 0 saturated carbocycles. The number of carboxylic acid groups (broad SMARTS) is 1. The summed E-state index contributed by atoms with van der Waals surface area (Å²) >= 11 is 1.36. The van der Waals surface area contributed by atoms with Crippen molar-refractivity contribution in [1.29, 1.82) is 0 Å². The van der Waals surface area contributed by atoms with Crippen molar-refractivity contribution >= 4 is 17.3 Å². The van der Waals surface area contributed by atoms with Crippen molar-refractivity contribution in [2.24, 2.45) is 0 Å². The van der Waals surface area contributed by atoms with Gasteiger partial charge in [0.25, 0.3) is 0 Å². The highest BCUT2D eigenvalue weighted by atomic mass is 32.1. The van der Waals surface area contributed by atoms with Crippen LogP contribution in [0, 0.1) is 0 Å². The van der Waals surface area contributed by atoms with Crippen LogP contribution in [0.5, 0.6) is 0 Å². The third kappa shape index (κ3) is 2.27. The van der Waals surface area contributed by atoms with Crippen LogP contribution in [-0.4, -0.2) is 23.2 Å². The van der Waals surface area contributed by atoms with Crippen LogP contribution in [0.2, 0.25) is 0 Å². The van der Waals surface area contributed by atoms with Crippen molar-refractivity contribution in [3.05, 3.63) is 52.5 Å². The Morgan fingerprint density at radius 2 is 2.17 bits per heavy atom. The highest BCUT2D eigenvalue weighted by molar-refractivity contribution is 7.07. The zero-order chi connectivity index (χ0) is 13.0. The third-order valence-electron chi connectivity index (χ3n) is 2.84. The summed E-state index contributed by atoms with van der Waals surface area (Å²) in [6.45, 7) is 0. The maximum Gasteiger partial charge on any atom is 0.342 e. The number of nitrogens with zero attached hydrogens (tertiary/aromatic N) is 1. The molecule has 0 fully saturated rings. The third-order valence-corrected chi connectivity index (χ3v) is 3.42. The van der Waals surface area contributed by atoms with Crippen molar-refractivity contribution in [3.63, 3.8) is 0 Å². The molecule has 0 saturated heterocycles. The smallest absolute Gasteiger partial charge is 0.342 e. The number of hydrogen-bond donors (Lipinski definition) is 1. The minimum atomic E-state index is -1.42. The first-order valence-electron chi connectivity index (χ1n) is 5.40. The molecule has 2 rings (SSSR count). The number of benzene rings is 1. The Morgan fingerprint density at radius 1 is 1.44 bits per heavy atom. The normalized spacial score (nSPS) is 14.1. The topological polar surface area (TPSA) is 59.4 Å². The van der Waals surface area contributed by atoms with Gasteiger partial charge in [0.15, 0.2) is 0 Å². The molecule has 1 N–H and O–H groups in total. The zero-order valence-electron chi connectivity index (χ0n) is 9.87. The fourth-order valence-corrected chi connectivity index (χ4v) is 2.45. The van der Waals surface area contributed by atoms with E-state index in [-0.39, 0.29) is 6.42 Å². The molecule has 0 aliphatic carbocycles. The second kappa shape index (κ2) is 5.29. The number of aromatic nitrogens is 1. The molecule has 18 heavy (non-hydrogen) atoms. The van der Waals surface area contributed by atoms with Crippen molar-refractivity contribution in [3.8, 4) is 0 Å². The van der Waals surface area contributed by atoms with Gasteiger partial charge in [0.1, 0.15) is 0 Å². The van der Waals surface area contributed by atoms with Crippen molar-refractivity contribution in [2.45, 2.75) is 12.0 Å². The van der Waals surface area contributed by atoms with E-state index in [0.717, 1.165) is 5.56 Å². The first-order chi connectivity index (χ1) is 8.69. The molecule has 0 spiro atoms. The number of hydrogen-bond acceptors (Lipinski definition) is 4. The Bertz CT molecular complexity index is 512. The Balaban J connectivity index is 2.40. The van der Waals surface area contributed by atoms with Crippen LogP contribution in [-0.2, 0) is 21.6 Å². The fraction of sp³-hybridized carbons (Fsp3) is 0.231. The summed E-state index contributed by atoms with van der Waals surface area (Å²) in [4.78, 5) is 15.7. The second-order valence-electron chi connectivity index (χ2n) is 3.87. The predicted octanol–water partition coefficient (Wildman–Crippen LogP) is 2.31. The highest BCUT2D eigenvalue weighted by Crippen LogP contribution is 2.29. The van der Waals surface area contributed by atoms with E-state index in [1.807, 2.05) is 30.3 Å². The summed E-state index contributed by atoms with van der Waals surface area (Å²) in [6.07, 6.45) is 0.253. The second-order valence-corrected chi connectivity index (χ2v) is 4.59. The number of carboxylic acids is 1. The summed E-state index contributed by atoms with van der Waals surface area (Å²) in [5.74, 6) is -1.03. The van der Waals surface area contributed by atoms with E-state index in [9.17, 15) is 9.90 Å². The molecule has 1 heterocycles. The van der Waals surface area contributed by atoms with Crippen LogP contribution in [0.25, 0.3) is 0 Å². The van der Waals surface area contributed by atoms with Gasteiger partial charge in [0, 0.05) is 18.9 Å². The molecule has 0 aliphatic rings. The van der Waals surface area contributed by atoms with Crippen LogP contribution in [0.4, 0.5) is 0 Å². The molecule has 0 amide bonds. The standard InChI is InChI=1S/C13H13NO3S/c1-17-13(12(15)16,11-8-18-9-14-11)7-10-5-3-2-4-6-10/h2-6,8-9H,7H2,1H3,(H,15,16). The average Bonchev–Trinajstić information content (AvgIpc) is 2.91. The molecular formula is C13H13NO3S. The molecule has 2 aromatic rings. The minimum absolute atomic E-state index is 0.253. The van der Waals surface area contributed by atoms with Crippen molar-refractivity contribution in [2.75, 3.05) is 7.11 Å². The number of methoxy groups -OCH3 is 1. The Labute approximate surface area is 109 Å². The van der Waals surface area contributed by atoms with Gasteiger partial charge in [-0.15, -0.1) is 11.3 Å². The SMILES string of the molecule is COC(Cc1ccccc1)(C(=O)O)c1cscn1. The molecular weight excluding hydrogens is 250 g/mol. The van der Waals surface area contributed by atoms with E-state index in [2.05, 4.69) is 4.98 Å². The Hall–Kier alpha value is -1.72. The van der Waals surface area contributed by atoms with Gasteiger partial charge in [0.05, 0.1) is 11.2 Å². The monoisotopic (exact) mass is 263 g/mol. The van der Waals surface area contributed by atoms with Gasteiger partial charge in [-0.25, -0.2) is 9.78 Å². The molecule has 0 bridgehead atoms. The van der Waals surface area contributed by atoms with E-state index < -0.39 is 11.6 Å². The van der Waals surface area contributed by atoms with Gasteiger partial charge in [-0.3, -0.25) is 0 Å². The summed E-state index contributed by atoms with van der Waals surface area (Å²) in [5.41, 5.74) is 1.53. The quantitative estimate of drug-likeness (QED) is 0.899. The van der Waals surface area contributed by atoms with Gasteiger partial charge in [-0.05, 0) is 5.56 Å². The maximum atomic E-state index is 11.6. The largest absolute Gasteiger partial charge is 0.479 e. The summed E-state index contributed by atoms with van der Waals surface area (Å²) in [5, 5.41) is 11.2. The van der Waals surface area contributed by atoms with Gasteiger partial charge in [0.2, 0.25) is 5.60 Å². The first-order valence-corrected chi connectivity index (χ1v) is 6.34. The molecule has 4 nitrogen and oxygen atoms in total. The maximum absolute atomic E-state index is 11.6. The molecule has 0 aliphatic heterocycles. The van der Waals surface area contributed by atoms with E-state index >= 15 is 0 Å². The van der Waals surface area contributed by atoms with E-state index in [1.54, 1.807) is 10.9 Å². The molecule has 5 heteroatoms. The van der Waals surface area contributed by atoms with E-state index in [0.29, 0.717) is 5.69 Å². The van der Waals surface area contributed by atoms with Gasteiger partial charge >= 0.3 is 5.97 Å². The van der Waals surface area contributed by atoms with E-state index in [4.69, 9.17) is 4.74 Å². The minimum Gasteiger partial charge on any atom is -0.479 e. The molecule has 1 aromatic carbocycles. The number of aliphatic carboxylic acids is 1. The fourth-order valence-electron chi connectivity index (χ4n) is 1.84. The van der Waals surface area contributed by atoms with Crippen LogP contribution in [0.15, 0.2) is 41.2 Å². The van der Waals surface area contributed by atoms with Crippen LogP contribution >= 0.6 is 11.3 Å². The summed E-state index contributed by atoms with van der Waals surface area (Å²) in [6, 6.07) is 9.39.